The largest absolute Gasteiger partial charge is 0.326 e. The van der Waals surface area contributed by atoms with Crippen LogP contribution in [0.5, 0.6) is 0 Å². The molecule has 0 radical (unpaired) electrons. The van der Waals surface area contributed by atoms with Crippen LogP contribution in [0.4, 0.5) is 11.5 Å². The van der Waals surface area contributed by atoms with E-state index in [1.54, 1.807) is 0 Å². The molecule has 1 aromatic heterocycles. The van der Waals surface area contributed by atoms with Gasteiger partial charge in [-0.3, -0.25) is 0 Å². The third-order valence-corrected chi connectivity index (χ3v) is 5.02. The maximum Gasteiger partial charge on any atom is 0.133 e. The van der Waals surface area contributed by atoms with Crippen molar-refractivity contribution in [1.82, 2.24) is 4.98 Å². The third kappa shape index (κ3) is 3.03. The molecule has 0 saturated heterocycles. The van der Waals surface area contributed by atoms with Crippen LogP contribution >= 0.6 is 0 Å². The fourth-order valence-electron chi connectivity index (χ4n) is 3.64. The Morgan fingerprint density at radius 2 is 1.80 bits per heavy atom. The Labute approximate surface area is 149 Å². The molecule has 1 atom stereocenters. The number of hydrogen-bond acceptors (Lipinski definition) is 3. The van der Waals surface area contributed by atoms with Gasteiger partial charge in [0, 0.05) is 18.4 Å². The van der Waals surface area contributed by atoms with E-state index in [0.717, 1.165) is 36.3 Å². The monoisotopic (exact) mass is 329 g/mol. The molecule has 2 heterocycles. The van der Waals surface area contributed by atoms with Crippen molar-refractivity contribution in [3.8, 4) is 0 Å². The van der Waals surface area contributed by atoms with Gasteiger partial charge < -0.3 is 10.6 Å². The second-order valence-electron chi connectivity index (χ2n) is 6.67. The van der Waals surface area contributed by atoms with E-state index >= 15 is 0 Å². The smallest absolute Gasteiger partial charge is 0.133 e. The minimum absolute atomic E-state index is 0.142. The summed E-state index contributed by atoms with van der Waals surface area (Å²) in [6, 6.07) is 20.8. The van der Waals surface area contributed by atoms with Crippen molar-refractivity contribution < 1.29 is 0 Å². The molecule has 0 spiro atoms. The van der Waals surface area contributed by atoms with Crippen LogP contribution in [0.3, 0.4) is 0 Å². The van der Waals surface area contributed by atoms with Crippen LogP contribution in [0, 0.1) is 6.92 Å². The topological polar surface area (TPSA) is 42.2 Å². The molecule has 3 aromatic rings. The van der Waals surface area contributed by atoms with Crippen molar-refractivity contribution in [1.29, 1.82) is 0 Å². The van der Waals surface area contributed by atoms with E-state index < -0.39 is 0 Å². The molecule has 3 nitrogen and oxygen atoms in total. The highest BCUT2D eigenvalue weighted by atomic mass is 15.2. The summed E-state index contributed by atoms with van der Waals surface area (Å²) in [5.74, 6) is 1.01. The number of rotatable bonds is 3. The molecule has 0 unspecified atom stereocenters. The van der Waals surface area contributed by atoms with Crippen LogP contribution in [0.2, 0.25) is 0 Å². The van der Waals surface area contributed by atoms with Crippen molar-refractivity contribution in [3.05, 3.63) is 89.1 Å². The van der Waals surface area contributed by atoms with E-state index in [9.17, 15) is 0 Å². The van der Waals surface area contributed by atoms with Crippen LogP contribution in [0.25, 0.3) is 0 Å². The zero-order valence-electron chi connectivity index (χ0n) is 14.5. The first kappa shape index (κ1) is 15.9. The normalized spacial score (nSPS) is 14.9. The van der Waals surface area contributed by atoms with Gasteiger partial charge in [0.05, 0.1) is 6.04 Å². The molecule has 1 aliphatic rings. The van der Waals surface area contributed by atoms with Gasteiger partial charge in [-0.05, 0) is 54.2 Å². The fraction of sp³-hybridized carbons (Fsp3) is 0.227. The quantitative estimate of drug-likeness (QED) is 0.768. The molecule has 0 bridgehead atoms. The van der Waals surface area contributed by atoms with Crippen LogP contribution in [0.15, 0.2) is 66.9 Å². The first-order valence-electron chi connectivity index (χ1n) is 8.86. The van der Waals surface area contributed by atoms with E-state index in [-0.39, 0.29) is 6.04 Å². The Bertz CT molecular complexity index is 873. The summed E-state index contributed by atoms with van der Waals surface area (Å²) >= 11 is 0. The Hall–Kier alpha value is -2.65. The highest BCUT2D eigenvalue weighted by Crippen LogP contribution is 2.33. The molecule has 1 aliphatic heterocycles. The molecule has 0 fully saturated rings. The molecule has 0 saturated carbocycles. The van der Waals surface area contributed by atoms with Crippen LogP contribution < -0.4 is 10.6 Å². The molecule has 3 heteroatoms. The number of anilines is 2. The van der Waals surface area contributed by atoms with Gasteiger partial charge >= 0.3 is 0 Å². The van der Waals surface area contributed by atoms with Gasteiger partial charge in [0.25, 0.3) is 0 Å². The van der Waals surface area contributed by atoms with Gasteiger partial charge in [-0.15, -0.1) is 0 Å². The van der Waals surface area contributed by atoms with Crippen LogP contribution in [0.1, 0.15) is 34.7 Å². The molecule has 2 N–H and O–H groups in total. The molecule has 0 amide bonds. The third-order valence-electron chi connectivity index (χ3n) is 5.02. The molecular weight excluding hydrogens is 306 g/mol. The van der Waals surface area contributed by atoms with Crippen LogP contribution in [-0.4, -0.2) is 11.5 Å². The number of para-hydroxylation sites is 1. The van der Waals surface area contributed by atoms with Gasteiger partial charge in [-0.1, -0.05) is 48.5 Å². The standard InChI is InChI=1S/C22H23N3/c1-16-14-21(25-13-7-11-17-8-5-6-12-20(17)25)24-15-19(16)22(23)18-9-3-2-4-10-18/h2-6,8-10,12,14-15,22H,7,11,13,23H2,1H3/t22-/m1/s1. The molecule has 2 aromatic carbocycles. The minimum atomic E-state index is -0.142. The number of benzene rings is 2. The van der Waals surface area contributed by atoms with Gasteiger partial charge in [0.15, 0.2) is 0 Å². The summed E-state index contributed by atoms with van der Waals surface area (Å²) in [6.45, 7) is 3.13. The van der Waals surface area contributed by atoms with Crippen molar-refractivity contribution in [2.45, 2.75) is 25.8 Å². The van der Waals surface area contributed by atoms with E-state index in [1.807, 2.05) is 24.4 Å². The summed E-state index contributed by atoms with van der Waals surface area (Å²) in [4.78, 5) is 7.08. The van der Waals surface area contributed by atoms with Gasteiger partial charge in [-0.25, -0.2) is 4.98 Å². The number of nitrogens with two attached hydrogens (primary N) is 1. The Morgan fingerprint density at radius 3 is 2.60 bits per heavy atom. The lowest BCUT2D eigenvalue weighted by Gasteiger charge is -2.31. The molecule has 0 aliphatic carbocycles. The van der Waals surface area contributed by atoms with Gasteiger partial charge in [-0.2, -0.15) is 0 Å². The van der Waals surface area contributed by atoms with E-state index in [1.165, 1.54) is 16.8 Å². The number of pyridine rings is 1. The van der Waals surface area contributed by atoms with Crippen molar-refractivity contribution in [3.63, 3.8) is 0 Å². The Balaban J connectivity index is 1.67. The average molecular weight is 329 g/mol. The van der Waals surface area contributed by atoms with Crippen molar-refractivity contribution >= 4 is 11.5 Å². The summed E-state index contributed by atoms with van der Waals surface area (Å²) in [6.07, 6.45) is 4.24. The highest BCUT2D eigenvalue weighted by molar-refractivity contribution is 5.66. The second kappa shape index (κ2) is 6.69. The number of aryl methyl sites for hydroxylation is 2. The number of fused-ring (bicyclic) bond motifs is 1. The summed E-state index contributed by atoms with van der Waals surface area (Å²) < 4.78 is 0. The number of aromatic nitrogens is 1. The fourth-order valence-corrected chi connectivity index (χ4v) is 3.64. The minimum Gasteiger partial charge on any atom is -0.326 e. The molecule has 25 heavy (non-hydrogen) atoms. The average Bonchev–Trinajstić information content (AvgIpc) is 2.67. The number of nitrogens with zero attached hydrogens (tertiary/aromatic N) is 2. The lowest BCUT2D eigenvalue weighted by Crippen LogP contribution is -2.25. The van der Waals surface area contributed by atoms with E-state index in [2.05, 4.69) is 54.3 Å². The van der Waals surface area contributed by atoms with Crippen molar-refractivity contribution in [2.24, 2.45) is 5.73 Å². The highest BCUT2D eigenvalue weighted by Gasteiger charge is 2.20. The lowest BCUT2D eigenvalue weighted by molar-refractivity contribution is 0.757. The summed E-state index contributed by atoms with van der Waals surface area (Å²) in [5.41, 5.74) is 12.5. The lowest BCUT2D eigenvalue weighted by atomic mass is 9.97. The Kier molecular flexibility index (Phi) is 4.24. The number of hydrogen-bond donors (Lipinski definition) is 1. The SMILES string of the molecule is Cc1cc(N2CCCc3ccccc32)ncc1[C@H](N)c1ccccc1. The van der Waals surface area contributed by atoms with Crippen molar-refractivity contribution in [2.75, 3.05) is 11.4 Å². The Morgan fingerprint density at radius 1 is 1.04 bits per heavy atom. The predicted octanol–water partition coefficient (Wildman–Crippen LogP) is 4.52. The first-order valence-corrected chi connectivity index (χ1v) is 8.86. The van der Waals surface area contributed by atoms with E-state index in [0.29, 0.717) is 0 Å². The molecular formula is C22H23N3. The maximum absolute atomic E-state index is 6.47. The zero-order valence-corrected chi connectivity index (χ0v) is 14.5. The van der Waals surface area contributed by atoms with Gasteiger partial charge in [0.2, 0.25) is 0 Å². The maximum atomic E-state index is 6.47. The zero-order chi connectivity index (χ0) is 17.2. The summed E-state index contributed by atoms with van der Waals surface area (Å²) in [5, 5.41) is 0. The van der Waals surface area contributed by atoms with E-state index in [4.69, 9.17) is 10.7 Å². The first-order chi connectivity index (χ1) is 12.2. The molecule has 126 valence electrons. The van der Waals surface area contributed by atoms with Gasteiger partial charge in [0.1, 0.15) is 5.82 Å². The van der Waals surface area contributed by atoms with Crippen LogP contribution in [-0.2, 0) is 6.42 Å². The molecule has 4 rings (SSSR count). The summed E-state index contributed by atoms with van der Waals surface area (Å²) in [7, 11) is 0. The second-order valence-corrected chi connectivity index (χ2v) is 6.67. The predicted molar refractivity (Wildman–Crippen MR) is 103 cm³/mol.